The normalized spacial score (nSPS) is 21.4. The van der Waals surface area contributed by atoms with Gasteiger partial charge in [0.2, 0.25) is 0 Å². The molecule has 1 saturated carbocycles. The molecule has 1 fully saturated rings. The molecule has 104 valence electrons. The highest BCUT2D eigenvalue weighted by Crippen LogP contribution is 2.50. The predicted molar refractivity (Wildman–Crippen MR) is 83.3 cm³/mol. The third kappa shape index (κ3) is 2.21. The number of rotatable bonds is 4. The van der Waals surface area contributed by atoms with Gasteiger partial charge in [-0.2, -0.15) is 0 Å². The average molecular weight is 267 g/mol. The van der Waals surface area contributed by atoms with Gasteiger partial charge in [-0.05, 0) is 62.4 Å². The van der Waals surface area contributed by atoms with Gasteiger partial charge in [0, 0.05) is 24.8 Å². The van der Waals surface area contributed by atoms with Crippen LogP contribution in [0.3, 0.4) is 0 Å². The van der Waals surface area contributed by atoms with Crippen LogP contribution in [0.4, 0.5) is 5.69 Å². The summed E-state index contributed by atoms with van der Waals surface area (Å²) in [4.78, 5) is 5.85. The van der Waals surface area contributed by atoms with E-state index in [0.717, 1.165) is 24.7 Å². The smallest absolute Gasteiger partial charge is 0.187 e. The zero-order chi connectivity index (χ0) is 14.3. The van der Waals surface area contributed by atoms with Gasteiger partial charge in [-0.3, -0.25) is 0 Å². The van der Waals surface area contributed by atoms with E-state index in [0.29, 0.717) is 5.92 Å². The van der Waals surface area contributed by atoms with Gasteiger partial charge < -0.3 is 9.47 Å². The summed E-state index contributed by atoms with van der Waals surface area (Å²) in [5, 5.41) is 1.28. The van der Waals surface area contributed by atoms with Crippen LogP contribution in [0.2, 0.25) is 0 Å². The second-order valence-electron chi connectivity index (χ2n) is 6.05. The Kier molecular flexibility index (Phi) is 3.27. The van der Waals surface area contributed by atoms with Crippen LogP contribution < -0.4 is 0 Å². The predicted octanol–water partition coefficient (Wildman–Crippen LogP) is 3.88. The van der Waals surface area contributed by atoms with Crippen molar-refractivity contribution in [1.82, 2.24) is 9.47 Å². The van der Waals surface area contributed by atoms with Gasteiger partial charge >= 0.3 is 0 Å². The van der Waals surface area contributed by atoms with Gasteiger partial charge in [0.1, 0.15) is 0 Å². The molecule has 1 aromatic heterocycles. The Bertz CT molecular complexity index is 675. The molecule has 0 amide bonds. The van der Waals surface area contributed by atoms with E-state index in [1.54, 1.807) is 0 Å². The Morgan fingerprint density at radius 2 is 2.20 bits per heavy atom. The quantitative estimate of drug-likeness (QED) is 0.766. The Morgan fingerprint density at radius 1 is 1.40 bits per heavy atom. The van der Waals surface area contributed by atoms with Crippen molar-refractivity contribution in [3.8, 4) is 0 Å². The molecule has 3 rings (SSSR count). The van der Waals surface area contributed by atoms with Crippen molar-refractivity contribution in [2.24, 2.45) is 5.92 Å². The van der Waals surface area contributed by atoms with Crippen LogP contribution in [0.15, 0.2) is 24.4 Å². The average Bonchev–Trinajstić information content (AvgIpc) is 3.08. The van der Waals surface area contributed by atoms with E-state index < -0.39 is 0 Å². The lowest BCUT2D eigenvalue weighted by molar-refractivity contribution is 0.385. The second-order valence-corrected chi connectivity index (χ2v) is 6.05. The first-order valence-corrected chi connectivity index (χ1v) is 7.29. The van der Waals surface area contributed by atoms with Gasteiger partial charge in [0.05, 0.1) is 6.57 Å². The number of aromatic nitrogens is 1. The minimum Gasteiger partial charge on any atom is -0.348 e. The first-order chi connectivity index (χ1) is 9.63. The van der Waals surface area contributed by atoms with Crippen molar-refractivity contribution >= 4 is 16.6 Å². The fourth-order valence-corrected chi connectivity index (χ4v) is 3.24. The molecule has 3 nitrogen and oxygen atoms in total. The van der Waals surface area contributed by atoms with Crippen LogP contribution in [0.1, 0.15) is 24.8 Å². The van der Waals surface area contributed by atoms with Gasteiger partial charge in [0.25, 0.3) is 0 Å². The lowest BCUT2D eigenvalue weighted by atomic mass is 10.1. The van der Waals surface area contributed by atoms with E-state index in [9.17, 15) is 0 Å². The first-order valence-electron chi connectivity index (χ1n) is 7.29. The Balaban J connectivity index is 2.01. The molecule has 0 saturated heterocycles. The van der Waals surface area contributed by atoms with Crippen molar-refractivity contribution in [3.63, 3.8) is 0 Å². The van der Waals surface area contributed by atoms with Gasteiger partial charge in [0.15, 0.2) is 5.69 Å². The minimum absolute atomic E-state index is 0.675. The van der Waals surface area contributed by atoms with E-state index in [4.69, 9.17) is 6.57 Å². The second kappa shape index (κ2) is 4.96. The Morgan fingerprint density at radius 3 is 2.85 bits per heavy atom. The summed E-state index contributed by atoms with van der Waals surface area (Å²) >= 11 is 0. The lowest BCUT2D eigenvalue weighted by Crippen LogP contribution is -2.15. The van der Waals surface area contributed by atoms with Crippen molar-refractivity contribution in [1.29, 1.82) is 0 Å². The van der Waals surface area contributed by atoms with Crippen molar-refractivity contribution in [2.75, 3.05) is 20.6 Å². The van der Waals surface area contributed by atoms with E-state index in [2.05, 4.69) is 53.7 Å². The number of hydrogen-bond donors (Lipinski definition) is 0. The SMILES string of the molecule is [C-]#[N+]c1ccc2c(c1)c(C1CC1CN(C)C)cn2CC. The van der Waals surface area contributed by atoms with Crippen molar-refractivity contribution in [2.45, 2.75) is 25.8 Å². The fourth-order valence-electron chi connectivity index (χ4n) is 3.24. The third-order valence-corrected chi connectivity index (χ3v) is 4.29. The van der Waals surface area contributed by atoms with Gasteiger partial charge in [-0.1, -0.05) is 6.07 Å². The summed E-state index contributed by atoms with van der Waals surface area (Å²) in [6.07, 6.45) is 3.59. The van der Waals surface area contributed by atoms with Crippen LogP contribution in [-0.2, 0) is 6.54 Å². The first kappa shape index (κ1) is 13.2. The van der Waals surface area contributed by atoms with Crippen LogP contribution in [0, 0.1) is 12.5 Å². The molecule has 0 spiro atoms. The monoisotopic (exact) mass is 267 g/mol. The number of benzene rings is 1. The topological polar surface area (TPSA) is 12.5 Å². The molecule has 0 aliphatic heterocycles. The van der Waals surface area contributed by atoms with E-state index in [1.807, 2.05) is 6.07 Å². The lowest BCUT2D eigenvalue weighted by Gasteiger charge is -2.08. The summed E-state index contributed by atoms with van der Waals surface area (Å²) < 4.78 is 2.31. The molecule has 1 heterocycles. The van der Waals surface area contributed by atoms with Crippen molar-refractivity contribution in [3.05, 3.63) is 41.4 Å². The van der Waals surface area contributed by atoms with Gasteiger partial charge in [-0.15, -0.1) is 0 Å². The van der Waals surface area contributed by atoms with Gasteiger partial charge in [-0.25, -0.2) is 4.85 Å². The Hall–Kier alpha value is -1.79. The molecule has 2 atom stereocenters. The summed E-state index contributed by atoms with van der Waals surface area (Å²) in [7, 11) is 4.28. The molecule has 1 aliphatic carbocycles. The molecule has 2 unspecified atom stereocenters. The molecule has 0 radical (unpaired) electrons. The fraction of sp³-hybridized carbons (Fsp3) is 0.471. The Labute approximate surface area is 120 Å². The summed E-state index contributed by atoms with van der Waals surface area (Å²) in [6, 6.07) is 6.09. The minimum atomic E-state index is 0.675. The molecular formula is C17H21N3. The zero-order valence-corrected chi connectivity index (χ0v) is 12.4. The van der Waals surface area contributed by atoms with Crippen LogP contribution >= 0.6 is 0 Å². The molecule has 20 heavy (non-hydrogen) atoms. The van der Waals surface area contributed by atoms with Crippen LogP contribution in [-0.4, -0.2) is 30.1 Å². The molecule has 2 aromatic rings. The maximum Gasteiger partial charge on any atom is 0.187 e. The van der Waals surface area contributed by atoms with E-state index >= 15 is 0 Å². The van der Waals surface area contributed by atoms with Crippen molar-refractivity contribution < 1.29 is 0 Å². The molecule has 1 aliphatic rings. The number of nitrogens with zero attached hydrogens (tertiary/aromatic N) is 3. The largest absolute Gasteiger partial charge is 0.348 e. The molecular weight excluding hydrogens is 246 g/mol. The highest BCUT2D eigenvalue weighted by molar-refractivity contribution is 5.88. The maximum absolute atomic E-state index is 7.21. The number of fused-ring (bicyclic) bond motifs is 1. The highest BCUT2D eigenvalue weighted by atomic mass is 15.1. The summed E-state index contributed by atoms with van der Waals surface area (Å²) in [6.45, 7) is 11.5. The standard InChI is InChI=1S/C17H21N3/c1-5-20-11-16(14-8-12(14)10-19(3)4)15-9-13(18-2)6-7-17(15)20/h6-7,9,11-12,14H,5,8,10H2,1,3-4H3. The maximum atomic E-state index is 7.21. The summed E-state index contributed by atoms with van der Waals surface area (Å²) in [5.74, 6) is 1.45. The molecule has 1 aromatic carbocycles. The van der Waals surface area contributed by atoms with Crippen LogP contribution in [0.5, 0.6) is 0 Å². The molecule has 0 bridgehead atoms. The molecule has 0 N–H and O–H groups in total. The number of hydrogen-bond acceptors (Lipinski definition) is 1. The third-order valence-electron chi connectivity index (χ3n) is 4.29. The summed E-state index contributed by atoms with van der Waals surface area (Å²) in [5.41, 5.74) is 3.46. The molecule has 3 heteroatoms. The number of aryl methyl sites for hydroxylation is 1. The van der Waals surface area contributed by atoms with Crippen LogP contribution in [0.25, 0.3) is 15.7 Å². The van der Waals surface area contributed by atoms with E-state index in [1.165, 1.54) is 22.9 Å². The van der Waals surface area contributed by atoms with E-state index in [-0.39, 0.29) is 0 Å². The highest BCUT2D eigenvalue weighted by Gasteiger charge is 2.39. The zero-order valence-electron chi connectivity index (χ0n) is 12.4.